The van der Waals surface area contributed by atoms with Gasteiger partial charge in [0, 0.05) is 6.07 Å². The maximum Gasteiger partial charge on any atom is 0.331 e. The first-order valence-corrected chi connectivity index (χ1v) is 6.69. The minimum atomic E-state index is -0.511. The SMILES string of the molecule is CCCCCCCCOc1nc(N)ccc1[N+](=O)[O-]. The van der Waals surface area contributed by atoms with Crippen molar-refractivity contribution in [1.29, 1.82) is 0 Å². The van der Waals surface area contributed by atoms with Crippen LogP contribution in [0.1, 0.15) is 45.4 Å². The molecule has 1 heterocycles. The summed E-state index contributed by atoms with van der Waals surface area (Å²) in [6.45, 7) is 2.61. The van der Waals surface area contributed by atoms with E-state index in [0.29, 0.717) is 6.61 Å². The molecule has 106 valence electrons. The Morgan fingerprint density at radius 2 is 1.95 bits per heavy atom. The Labute approximate surface area is 113 Å². The van der Waals surface area contributed by atoms with E-state index in [9.17, 15) is 10.1 Å². The van der Waals surface area contributed by atoms with Crippen LogP contribution < -0.4 is 10.5 Å². The fourth-order valence-electron chi connectivity index (χ4n) is 1.74. The van der Waals surface area contributed by atoms with Crippen molar-refractivity contribution in [3.63, 3.8) is 0 Å². The van der Waals surface area contributed by atoms with Gasteiger partial charge in [-0.2, -0.15) is 4.98 Å². The normalized spacial score (nSPS) is 10.4. The highest BCUT2D eigenvalue weighted by molar-refractivity contribution is 5.46. The van der Waals surface area contributed by atoms with Crippen LogP contribution >= 0.6 is 0 Å². The van der Waals surface area contributed by atoms with Crippen molar-refractivity contribution < 1.29 is 9.66 Å². The molecule has 6 nitrogen and oxygen atoms in total. The van der Waals surface area contributed by atoms with Gasteiger partial charge in [-0.3, -0.25) is 10.1 Å². The molecule has 0 atom stereocenters. The van der Waals surface area contributed by atoms with E-state index >= 15 is 0 Å². The van der Waals surface area contributed by atoms with Crippen molar-refractivity contribution in [3.05, 3.63) is 22.2 Å². The van der Waals surface area contributed by atoms with Crippen LogP contribution in [0, 0.1) is 10.1 Å². The average molecular weight is 267 g/mol. The summed E-state index contributed by atoms with van der Waals surface area (Å²) in [5.74, 6) is 0.238. The third-order valence-corrected chi connectivity index (χ3v) is 2.80. The predicted octanol–water partition coefficient (Wildman–Crippen LogP) is 3.31. The van der Waals surface area contributed by atoms with Crippen molar-refractivity contribution in [2.24, 2.45) is 0 Å². The first kappa shape index (κ1) is 15.2. The first-order valence-electron chi connectivity index (χ1n) is 6.69. The van der Waals surface area contributed by atoms with Crippen LogP contribution in [0.4, 0.5) is 11.5 Å². The summed E-state index contributed by atoms with van der Waals surface area (Å²) in [4.78, 5) is 14.1. The minimum Gasteiger partial charge on any atom is -0.473 e. The largest absolute Gasteiger partial charge is 0.473 e. The molecule has 0 bridgehead atoms. The van der Waals surface area contributed by atoms with Gasteiger partial charge in [0.2, 0.25) is 0 Å². The molecule has 1 aromatic rings. The zero-order valence-corrected chi connectivity index (χ0v) is 11.3. The molecule has 2 N–H and O–H groups in total. The standard InChI is InChI=1S/C13H21N3O3/c1-2-3-4-5-6-7-10-19-13-11(16(17)18)8-9-12(14)15-13/h8-9H,2-7,10H2,1H3,(H2,14,15). The Balaban J connectivity index is 2.36. The lowest BCUT2D eigenvalue weighted by atomic mass is 10.1. The maximum absolute atomic E-state index is 10.8. The first-order chi connectivity index (χ1) is 9.15. The number of nitro groups is 1. The van der Waals surface area contributed by atoms with Crippen LogP contribution in [0.3, 0.4) is 0 Å². The number of unbranched alkanes of at least 4 members (excludes halogenated alkanes) is 5. The van der Waals surface area contributed by atoms with E-state index in [1.165, 1.54) is 37.8 Å². The molecule has 0 aliphatic rings. The Kier molecular flexibility index (Phi) is 6.63. The molecule has 0 aromatic carbocycles. The van der Waals surface area contributed by atoms with Gasteiger partial charge < -0.3 is 10.5 Å². The third-order valence-electron chi connectivity index (χ3n) is 2.80. The molecular weight excluding hydrogens is 246 g/mol. The molecule has 0 amide bonds. The Morgan fingerprint density at radius 3 is 2.63 bits per heavy atom. The van der Waals surface area contributed by atoms with Crippen LogP contribution in [0.2, 0.25) is 0 Å². The second-order valence-corrected chi connectivity index (χ2v) is 4.43. The number of nitrogens with zero attached hydrogens (tertiary/aromatic N) is 2. The zero-order chi connectivity index (χ0) is 14.1. The Bertz CT molecular complexity index is 410. The molecule has 0 spiro atoms. The summed E-state index contributed by atoms with van der Waals surface area (Å²) >= 11 is 0. The second kappa shape index (κ2) is 8.29. The molecule has 0 fully saturated rings. The highest BCUT2D eigenvalue weighted by Gasteiger charge is 2.16. The third kappa shape index (κ3) is 5.54. The van der Waals surface area contributed by atoms with Gasteiger partial charge in [0.15, 0.2) is 0 Å². The molecule has 1 aromatic heterocycles. The van der Waals surface area contributed by atoms with Gasteiger partial charge in [-0.15, -0.1) is 0 Å². The van der Waals surface area contributed by atoms with Crippen LogP contribution in [-0.4, -0.2) is 16.5 Å². The van der Waals surface area contributed by atoms with E-state index in [-0.39, 0.29) is 17.4 Å². The monoisotopic (exact) mass is 267 g/mol. The Hall–Kier alpha value is -1.85. The summed E-state index contributed by atoms with van der Waals surface area (Å²) in [5, 5.41) is 10.8. The number of anilines is 1. The van der Waals surface area contributed by atoms with Crippen molar-refractivity contribution >= 4 is 11.5 Å². The number of hydrogen-bond acceptors (Lipinski definition) is 5. The topological polar surface area (TPSA) is 91.3 Å². The summed E-state index contributed by atoms with van der Waals surface area (Å²) in [6, 6.07) is 2.72. The molecule has 19 heavy (non-hydrogen) atoms. The maximum atomic E-state index is 10.8. The smallest absolute Gasteiger partial charge is 0.331 e. The summed E-state index contributed by atoms with van der Waals surface area (Å²) < 4.78 is 5.35. The molecule has 0 unspecified atom stereocenters. The number of rotatable bonds is 9. The number of aromatic nitrogens is 1. The highest BCUT2D eigenvalue weighted by atomic mass is 16.6. The molecule has 0 aliphatic carbocycles. The molecule has 1 rings (SSSR count). The van der Waals surface area contributed by atoms with Gasteiger partial charge >= 0.3 is 5.69 Å². The van der Waals surface area contributed by atoms with Crippen molar-refractivity contribution in [2.75, 3.05) is 12.3 Å². The van der Waals surface area contributed by atoms with E-state index in [2.05, 4.69) is 11.9 Å². The van der Waals surface area contributed by atoms with Gasteiger partial charge in [-0.25, -0.2) is 0 Å². The second-order valence-electron chi connectivity index (χ2n) is 4.43. The van der Waals surface area contributed by atoms with Crippen LogP contribution in [0.5, 0.6) is 5.88 Å². The Morgan fingerprint density at radius 1 is 1.26 bits per heavy atom. The summed E-state index contributed by atoms with van der Waals surface area (Å²) in [7, 11) is 0. The van der Waals surface area contributed by atoms with Crippen molar-refractivity contribution in [2.45, 2.75) is 45.4 Å². The molecule has 0 radical (unpaired) electrons. The zero-order valence-electron chi connectivity index (χ0n) is 11.3. The average Bonchev–Trinajstić information content (AvgIpc) is 2.37. The van der Waals surface area contributed by atoms with Crippen LogP contribution in [0.25, 0.3) is 0 Å². The van der Waals surface area contributed by atoms with Gasteiger partial charge in [0.1, 0.15) is 5.82 Å². The van der Waals surface area contributed by atoms with Gasteiger partial charge in [0.25, 0.3) is 5.88 Å². The summed E-state index contributed by atoms with van der Waals surface area (Å²) in [5.41, 5.74) is 5.36. The van der Waals surface area contributed by atoms with Crippen LogP contribution in [0.15, 0.2) is 12.1 Å². The van der Waals surface area contributed by atoms with Crippen LogP contribution in [-0.2, 0) is 0 Å². The van der Waals surface area contributed by atoms with Gasteiger partial charge in [0.05, 0.1) is 11.5 Å². The van der Waals surface area contributed by atoms with E-state index in [1.807, 2.05) is 0 Å². The highest BCUT2D eigenvalue weighted by Crippen LogP contribution is 2.25. The summed E-state index contributed by atoms with van der Waals surface area (Å²) in [6.07, 6.45) is 6.81. The number of pyridine rings is 1. The lowest BCUT2D eigenvalue weighted by Crippen LogP contribution is -2.04. The number of nitrogen functional groups attached to an aromatic ring is 1. The quantitative estimate of drug-likeness (QED) is 0.421. The van der Waals surface area contributed by atoms with Gasteiger partial charge in [-0.05, 0) is 12.5 Å². The predicted molar refractivity (Wildman–Crippen MR) is 74.2 cm³/mol. The van der Waals surface area contributed by atoms with E-state index in [0.717, 1.165) is 12.8 Å². The molecule has 6 heteroatoms. The van der Waals surface area contributed by atoms with Crippen molar-refractivity contribution in [1.82, 2.24) is 4.98 Å². The lowest BCUT2D eigenvalue weighted by molar-refractivity contribution is -0.386. The molecular formula is C13H21N3O3. The van der Waals surface area contributed by atoms with Crippen molar-refractivity contribution in [3.8, 4) is 5.88 Å². The van der Waals surface area contributed by atoms with Gasteiger partial charge in [-0.1, -0.05) is 39.0 Å². The number of ether oxygens (including phenoxy) is 1. The molecule has 0 aliphatic heterocycles. The fourth-order valence-corrected chi connectivity index (χ4v) is 1.74. The van der Waals surface area contributed by atoms with E-state index in [1.54, 1.807) is 0 Å². The van der Waals surface area contributed by atoms with E-state index in [4.69, 9.17) is 10.5 Å². The number of hydrogen-bond donors (Lipinski definition) is 1. The lowest BCUT2D eigenvalue weighted by Gasteiger charge is -2.06. The number of nitrogens with two attached hydrogens (primary N) is 1. The fraction of sp³-hybridized carbons (Fsp3) is 0.615. The van der Waals surface area contributed by atoms with E-state index < -0.39 is 4.92 Å². The molecule has 0 saturated heterocycles. The molecule has 0 saturated carbocycles. The minimum absolute atomic E-state index is 0.0126.